The van der Waals surface area contributed by atoms with E-state index >= 15 is 0 Å². The van der Waals surface area contributed by atoms with Crippen molar-refractivity contribution in [3.63, 3.8) is 0 Å². The fourth-order valence-electron chi connectivity index (χ4n) is 7.19. The minimum atomic E-state index is -1.19. The number of hydrogen-bond donors (Lipinski definition) is 1. The minimum absolute atomic E-state index is 0.231. The first-order valence-corrected chi connectivity index (χ1v) is 14.6. The van der Waals surface area contributed by atoms with Crippen LogP contribution in [0.15, 0.2) is 43.5 Å². The third-order valence-electron chi connectivity index (χ3n) is 9.21. The molecule has 1 N–H and O–H groups in total. The number of likely N-dealkylation sites (tertiary alicyclic amines) is 1. The van der Waals surface area contributed by atoms with Crippen LogP contribution in [0.5, 0.6) is 0 Å². The van der Waals surface area contributed by atoms with Crippen molar-refractivity contribution >= 4 is 23.5 Å². The van der Waals surface area contributed by atoms with Crippen LogP contribution in [0.25, 0.3) is 0 Å². The molecule has 6 atom stereocenters. The van der Waals surface area contributed by atoms with E-state index in [-0.39, 0.29) is 31.6 Å². The van der Waals surface area contributed by atoms with Crippen LogP contribution >= 0.6 is 0 Å². The summed E-state index contributed by atoms with van der Waals surface area (Å²) in [6.07, 6.45) is 6.81. The van der Waals surface area contributed by atoms with Crippen LogP contribution in [0, 0.1) is 25.7 Å². The number of fused-ring (bicyclic) bond motifs is 1. The minimum Gasteiger partial charge on any atom is -0.465 e. The number of ether oxygens (including phenoxy) is 2. The van der Waals surface area contributed by atoms with Crippen LogP contribution in [0.4, 0.5) is 5.69 Å². The third-order valence-corrected chi connectivity index (χ3v) is 9.21. The SMILES string of the molecule is C=CCCCOC(=O)[C@@H]1[C@H]2C(=O)N([C@@H](CC)CO)C(C(=O)N(CC=C)c3cc(C)ccc3C)C23CC[C@@]1(CC)O3. The maximum Gasteiger partial charge on any atom is 0.312 e. The highest BCUT2D eigenvalue weighted by Gasteiger charge is 2.79. The fraction of sp³-hybridized carbons (Fsp3) is 0.594. The van der Waals surface area contributed by atoms with E-state index in [0.717, 1.165) is 23.2 Å². The summed E-state index contributed by atoms with van der Waals surface area (Å²) in [6, 6.07) is 4.34. The molecule has 0 saturated carbocycles. The Bertz CT molecular complexity index is 1160. The Kier molecular flexibility index (Phi) is 8.90. The Morgan fingerprint density at radius 3 is 2.62 bits per heavy atom. The molecule has 1 aromatic carbocycles. The topological polar surface area (TPSA) is 96.4 Å². The number of nitrogens with zero attached hydrogens (tertiary/aromatic N) is 2. The fourth-order valence-corrected chi connectivity index (χ4v) is 7.19. The molecule has 3 aliphatic rings. The van der Waals surface area contributed by atoms with E-state index in [2.05, 4.69) is 13.2 Å². The molecule has 0 aromatic heterocycles. The van der Waals surface area contributed by atoms with Gasteiger partial charge in [-0.1, -0.05) is 38.1 Å². The lowest BCUT2D eigenvalue weighted by atomic mass is 9.65. The molecule has 3 saturated heterocycles. The quantitative estimate of drug-likeness (QED) is 0.223. The number of benzene rings is 1. The Morgan fingerprint density at radius 1 is 1.25 bits per heavy atom. The number of rotatable bonds is 13. The summed E-state index contributed by atoms with van der Waals surface area (Å²) < 4.78 is 12.5. The van der Waals surface area contributed by atoms with Crippen molar-refractivity contribution in [2.45, 2.75) is 89.5 Å². The predicted molar refractivity (Wildman–Crippen MR) is 154 cm³/mol. The van der Waals surface area contributed by atoms with E-state index in [1.807, 2.05) is 45.9 Å². The van der Waals surface area contributed by atoms with Gasteiger partial charge in [0.15, 0.2) is 0 Å². The van der Waals surface area contributed by atoms with Gasteiger partial charge in [0, 0.05) is 12.2 Å². The molecule has 0 radical (unpaired) electrons. The average molecular weight is 553 g/mol. The highest BCUT2D eigenvalue weighted by Crippen LogP contribution is 2.65. The summed E-state index contributed by atoms with van der Waals surface area (Å²) >= 11 is 0. The van der Waals surface area contributed by atoms with Gasteiger partial charge in [-0.15, -0.1) is 13.2 Å². The van der Waals surface area contributed by atoms with Gasteiger partial charge in [-0.3, -0.25) is 14.4 Å². The maximum atomic E-state index is 14.7. The third kappa shape index (κ3) is 4.69. The molecule has 4 rings (SSSR count). The van der Waals surface area contributed by atoms with Crippen LogP contribution in [-0.4, -0.2) is 70.8 Å². The van der Waals surface area contributed by atoms with Crippen LogP contribution in [0.1, 0.15) is 63.5 Å². The molecule has 0 aliphatic carbocycles. The number of allylic oxidation sites excluding steroid dienone is 1. The van der Waals surface area contributed by atoms with Gasteiger partial charge in [-0.25, -0.2) is 0 Å². The lowest BCUT2D eigenvalue weighted by molar-refractivity contribution is -0.162. The monoisotopic (exact) mass is 552 g/mol. The standard InChI is InChI=1S/C32H44N2O6/c1-7-11-12-18-39-30(38)26-25-28(36)34(23(9-3)20-35)27(32(25)16-15-31(26,10-4)40-32)29(37)33(17-8-2)24-19-21(5)13-14-22(24)6/h7-8,13-14,19,23,25-27,35H,1-2,9-12,15-18,20H2,3-6H3/t23-,25-,26-,27?,31+,32?/m0/s1. The van der Waals surface area contributed by atoms with Crippen molar-refractivity contribution in [1.82, 2.24) is 4.90 Å². The molecular weight excluding hydrogens is 508 g/mol. The second kappa shape index (κ2) is 11.9. The number of amides is 2. The average Bonchev–Trinajstić information content (AvgIpc) is 3.55. The number of unbranched alkanes of at least 4 members (excludes halogenated alkanes) is 1. The van der Waals surface area contributed by atoms with Crippen LogP contribution < -0.4 is 4.90 Å². The van der Waals surface area contributed by atoms with Crippen molar-refractivity contribution in [3.05, 3.63) is 54.6 Å². The highest BCUT2D eigenvalue weighted by molar-refractivity contribution is 6.05. The second-order valence-corrected chi connectivity index (χ2v) is 11.4. The Balaban J connectivity index is 1.82. The molecule has 2 unspecified atom stereocenters. The molecule has 1 aromatic rings. The van der Waals surface area contributed by atoms with Gasteiger partial charge in [0.25, 0.3) is 5.91 Å². The first kappa shape index (κ1) is 30.0. The van der Waals surface area contributed by atoms with Crippen molar-refractivity contribution in [3.8, 4) is 0 Å². The summed E-state index contributed by atoms with van der Waals surface area (Å²) in [7, 11) is 0. The largest absolute Gasteiger partial charge is 0.465 e. The summed E-state index contributed by atoms with van der Waals surface area (Å²) in [5.74, 6) is -2.72. The lowest BCUT2D eigenvalue weighted by Crippen LogP contribution is -2.59. The van der Waals surface area contributed by atoms with E-state index in [1.165, 1.54) is 4.90 Å². The van der Waals surface area contributed by atoms with Gasteiger partial charge in [-0.05, 0) is 69.6 Å². The van der Waals surface area contributed by atoms with E-state index in [9.17, 15) is 19.5 Å². The Hall–Kier alpha value is -2.97. The van der Waals surface area contributed by atoms with Gasteiger partial charge in [0.2, 0.25) is 5.91 Å². The van der Waals surface area contributed by atoms with Crippen molar-refractivity contribution < 1.29 is 29.0 Å². The first-order chi connectivity index (χ1) is 19.2. The predicted octanol–water partition coefficient (Wildman–Crippen LogP) is 4.26. The van der Waals surface area contributed by atoms with Gasteiger partial charge in [-0.2, -0.15) is 0 Å². The molecule has 3 heterocycles. The van der Waals surface area contributed by atoms with Crippen molar-refractivity contribution in [1.29, 1.82) is 0 Å². The second-order valence-electron chi connectivity index (χ2n) is 11.4. The molecule has 3 aliphatic heterocycles. The molecular formula is C32H44N2O6. The maximum absolute atomic E-state index is 14.7. The molecule has 8 heteroatoms. The van der Waals surface area contributed by atoms with E-state index in [0.29, 0.717) is 32.1 Å². The normalized spacial score (nSPS) is 29.3. The number of aliphatic hydroxyl groups excluding tert-OH is 1. The molecule has 2 amide bonds. The Morgan fingerprint density at radius 2 is 2.00 bits per heavy atom. The molecule has 2 bridgehead atoms. The number of aryl methyl sites for hydroxylation is 2. The number of carbonyl (C=O) groups excluding carboxylic acids is 3. The number of anilines is 1. The number of hydrogen-bond acceptors (Lipinski definition) is 6. The zero-order valence-corrected chi connectivity index (χ0v) is 24.4. The van der Waals surface area contributed by atoms with Gasteiger partial charge in [0.05, 0.1) is 30.8 Å². The summed E-state index contributed by atoms with van der Waals surface area (Å²) in [5, 5.41) is 10.3. The van der Waals surface area contributed by atoms with Crippen LogP contribution in [-0.2, 0) is 23.9 Å². The molecule has 218 valence electrons. The van der Waals surface area contributed by atoms with Crippen LogP contribution in [0.3, 0.4) is 0 Å². The van der Waals surface area contributed by atoms with E-state index in [4.69, 9.17) is 9.47 Å². The molecule has 8 nitrogen and oxygen atoms in total. The Labute approximate surface area is 238 Å². The van der Waals surface area contributed by atoms with Crippen molar-refractivity contribution in [2.24, 2.45) is 11.8 Å². The molecule has 3 fully saturated rings. The summed E-state index contributed by atoms with van der Waals surface area (Å²) in [5.41, 5.74) is 0.605. The van der Waals surface area contributed by atoms with Crippen LogP contribution in [0.2, 0.25) is 0 Å². The molecule has 1 spiro atoms. The van der Waals surface area contributed by atoms with E-state index in [1.54, 1.807) is 17.1 Å². The van der Waals surface area contributed by atoms with E-state index < -0.39 is 41.1 Å². The highest BCUT2D eigenvalue weighted by atomic mass is 16.6. The van der Waals surface area contributed by atoms with Gasteiger partial charge < -0.3 is 24.4 Å². The lowest BCUT2D eigenvalue weighted by Gasteiger charge is -2.39. The zero-order chi connectivity index (χ0) is 29.2. The molecule has 40 heavy (non-hydrogen) atoms. The summed E-state index contributed by atoms with van der Waals surface area (Å²) in [6.45, 7) is 15.5. The first-order valence-electron chi connectivity index (χ1n) is 14.6. The van der Waals surface area contributed by atoms with Gasteiger partial charge >= 0.3 is 5.97 Å². The number of esters is 1. The zero-order valence-electron chi connectivity index (χ0n) is 24.4. The summed E-state index contributed by atoms with van der Waals surface area (Å²) in [4.78, 5) is 45.9. The number of carbonyl (C=O) groups is 3. The smallest absolute Gasteiger partial charge is 0.312 e. The number of aliphatic hydroxyl groups is 1. The van der Waals surface area contributed by atoms with Crippen molar-refractivity contribution in [2.75, 3.05) is 24.7 Å². The van der Waals surface area contributed by atoms with Gasteiger partial charge in [0.1, 0.15) is 17.6 Å².